The Hall–Kier alpha value is -8.41. The minimum atomic E-state index is -0.366. The van der Waals surface area contributed by atoms with Crippen LogP contribution in [0.5, 0.6) is 0 Å². The van der Waals surface area contributed by atoms with Gasteiger partial charge in [0, 0.05) is 32.7 Å². The van der Waals surface area contributed by atoms with E-state index in [2.05, 4.69) is 162 Å². The summed E-state index contributed by atoms with van der Waals surface area (Å²) in [5.74, 6) is 1.77. The van der Waals surface area contributed by atoms with Crippen LogP contribution in [0.3, 0.4) is 0 Å². The fourth-order valence-electron chi connectivity index (χ4n) is 10.8. The van der Waals surface area contributed by atoms with Gasteiger partial charge in [0.05, 0.1) is 16.4 Å². The van der Waals surface area contributed by atoms with E-state index in [0.717, 1.165) is 60.4 Å². The fourth-order valence-corrected chi connectivity index (χ4v) is 10.8. The molecule has 5 nitrogen and oxygen atoms in total. The molecule has 0 unspecified atom stereocenters. The lowest BCUT2D eigenvalue weighted by molar-refractivity contribution is 0.669. The molecule has 9 aromatic carbocycles. The molecule has 0 fully saturated rings. The molecule has 2 aliphatic rings. The number of para-hydroxylation sites is 2. The molecule has 1 spiro atoms. The summed E-state index contributed by atoms with van der Waals surface area (Å²) in [6.45, 7) is 0. The number of hydrogen-bond donors (Lipinski definition) is 0. The first-order valence-electron chi connectivity index (χ1n) is 21.4. The van der Waals surface area contributed by atoms with Crippen LogP contribution in [0.25, 0.3) is 106 Å². The van der Waals surface area contributed by atoms with E-state index < -0.39 is 0 Å². The number of hydrogen-bond acceptors (Lipinski definition) is 4. The highest BCUT2D eigenvalue weighted by atomic mass is 16.3. The molecule has 63 heavy (non-hydrogen) atoms. The van der Waals surface area contributed by atoms with Gasteiger partial charge in [-0.3, -0.25) is 4.57 Å². The molecule has 0 saturated heterocycles. The van der Waals surface area contributed by atoms with Gasteiger partial charge in [0.2, 0.25) is 5.95 Å². The first-order chi connectivity index (χ1) is 31.2. The SMILES string of the molecule is c1ccc(-c2nc(-c3ccc4oc5ccccc5c4c3)nc(-n3c4ccccc4c4cc(-c5ccc6c(c5)-c5ccccc5C65c6ccccc6-c6ccccc65)ccc43)n2)cc1. The largest absolute Gasteiger partial charge is 0.456 e. The van der Waals surface area contributed by atoms with Crippen molar-refractivity contribution < 1.29 is 4.42 Å². The molecule has 3 heterocycles. The Bertz CT molecular complexity index is 3830. The van der Waals surface area contributed by atoms with Gasteiger partial charge in [-0.15, -0.1) is 0 Å². The molecule has 3 aromatic heterocycles. The Morgan fingerprint density at radius 2 is 0.857 bits per heavy atom. The average molecular weight is 803 g/mol. The molecule has 0 bridgehead atoms. The molecular weight excluding hydrogens is 769 g/mol. The lowest BCUT2D eigenvalue weighted by Crippen LogP contribution is -2.25. The third-order valence-corrected chi connectivity index (χ3v) is 13.5. The second-order valence-corrected chi connectivity index (χ2v) is 16.7. The molecule has 14 rings (SSSR count). The van der Waals surface area contributed by atoms with E-state index in [1.165, 1.54) is 50.1 Å². The van der Waals surface area contributed by atoms with Gasteiger partial charge in [0.15, 0.2) is 11.6 Å². The number of aromatic nitrogens is 4. The van der Waals surface area contributed by atoms with Crippen LogP contribution >= 0.6 is 0 Å². The van der Waals surface area contributed by atoms with Crippen LogP contribution in [-0.2, 0) is 5.41 Å². The Labute approximate surface area is 362 Å². The van der Waals surface area contributed by atoms with Crippen molar-refractivity contribution >= 4 is 43.7 Å². The van der Waals surface area contributed by atoms with Crippen molar-refractivity contribution in [2.75, 3.05) is 0 Å². The standard InChI is InChI=1S/C58H34N4O/c1-2-14-35(15-3-1)55-59-56(38-28-31-54-46(34-38)43-20-8-13-25-53(43)63-54)61-57(60-55)62-51-24-12-7-19-42(51)45-33-37(27-30-52(45)62)36-26-29-50-44(32-36)41-18-6-11-23-49(41)58(50)47-21-9-4-16-39(47)40-17-5-10-22-48(40)58/h1-34H. The fraction of sp³-hybridized carbons (Fsp3) is 0.0172. The van der Waals surface area contributed by atoms with Gasteiger partial charge in [-0.2, -0.15) is 9.97 Å². The number of benzene rings is 9. The van der Waals surface area contributed by atoms with Crippen LogP contribution in [0.2, 0.25) is 0 Å². The van der Waals surface area contributed by atoms with Crippen molar-refractivity contribution in [2.24, 2.45) is 0 Å². The molecule has 12 aromatic rings. The van der Waals surface area contributed by atoms with E-state index in [4.69, 9.17) is 19.4 Å². The molecule has 5 heteroatoms. The van der Waals surface area contributed by atoms with Crippen LogP contribution in [0.4, 0.5) is 0 Å². The molecule has 0 N–H and O–H groups in total. The zero-order valence-electron chi connectivity index (χ0n) is 33.8. The van der Waals surface area contributed by atoms with E-state index in [1.54, 1.807) is 0 Å². The van der Waals surface area contributed by atoms with Crippen molar-refractivity contribution in [3.63, 3.8) is 0 Å². The van der Waals surface area contributed by atoms with E-state index in [-0.39, 0.29) is 5.41 Å². The van der Waals surface area contributed by atoms with Crippen molar-refractivity contribution in [2.45, 2.75) is 5.41 Å². The van der Waals surface area contributed by atoms with Crippen LogP contribution < -0.4 is 0 Å². The maximum Gasteiger partial charge on any atom is 0.238 e. The second kappa shape index (κ2) is 12.8. The monoisotopic (exact) mass is 802 g/mol. The highest BCUT2D eigenvalue weighted by Gasteiger charge is 2.51. The molecule has 2 aliphatic carbocycles. The number of nitrogens with zero attached hydrogens (tertiary/aromatic N) is 4. The predicted molar refractivity (Wildman–Crippen MR) is 254 cm³/mol. The predicted octanol–water partition coefficient (Wildman–Crippen LogP) is 14.2. The van der Waals surface area contributed by atoms with Crippen LogP contribution in [-0.4, -0.2) is 19.5 Å². The summed E-state index contributed by atoms with van der Waals surface area (Å²) in [6.07, 6.45) is 0. The number of furan rings is 1. The average Bonchev–Trinajstić information content (AvgIpc) is 4.07. The van der Waals surface area contributed by atoms with Crippen molar-refractivity contribution in [1.29, 1.82) is 0 Å². The Kier molecular flexibility index (Phi) is 6.97. The minimum absolute atomic E-state index is 0.366. The van der Waals surface area contributed by atoms with E-state index >= 15 is 0 Å². The van der Waals surface area contributed by atoms with Gasteiger partial charge in [-0.05, 0) is 104 Å². The van der Waals surface area contributed by atoms with Crippen molar-refractivity contribution in [1.82, 2.24) is 19.5 Å². The summed E-state index contributed by atoms with van der Waals surface area (Å²) in [7, 11) is 0. The van der Waals surface area contributed by atoms with Gasteiger partial charge in [0.1, 0.15) is 11.2 Å². The molecule has 0 amide bonds. The van der Waals surface area contributed by atoms with Gasteiger partial charge >= 0.3 is 0 Å². The lowest BCUT2D eigenvalue weighted by atomic mass is 9.70. The third-order valence-electron chi connectivity index (χ3n) is 13.5. The van der Waals surface area contributed by atoms with E-state index in [9.17, 15) is 0 Å². The first kappa shape index (κ1) is 34.3. The quantitative estimate of drug-likeness (QED) is 0.178. The zero-order chi connectivity index (χ0) is 41.2. The summed E-state index contributed by atoms with van der Waals surface area (Å²) in [5.41, 5.74) is 18.1. The lowest BCUT2D eigenvalue weighted by Gasteiger charge is -2.30. The highest BCUT2D eigenvalue weighted by Crippen LogP contribution is 2.63. The van der Waals surface area contributed by atoms with Crippen molar-refractivity contribution in [3.8, 4) is 62.1 Å². The first-order valence-corrected chi connectivity index (χ1v) is 21.4. The normalized spacial score (nSPS) is 13.2. The summed E-state index contributed by atoms with van der Waals surface area (Å²) in [4.78, 5) is 15.6. The summed E-state index contributed by atoms with van der Waals surface area (Å²) in [5, 5.41) is 4.35. The van der Waals surface area contributed by atoms with Gasteiger partial charge in [0.25, 0.3) is 0 Å². The maximum absolute atomic E-state index is 6.18. The van der Waals surface area contributed by atoms with Crippen LogP contribution in [0.1, 0.15) is 22.3 Å². The number of fused-ring (bicyclic) bond motifs is 16. The molecule has 292 valence electrons. The topological polar surface area (TPSA) is 56.7 Å². The smallest absolute Gasteiger partial charge is 0.238 e. The Balaban J connectivity index is 0.949. The van der Waals surface area contributed by atoms with Crippen molar-refractivity contribution in [3.05, 3.63) is 229 Å². The van der Waals surface area contributed by atoms with Crippen LogP contribution in [0.15, 0.2) is 211 Å². The molecule has 0 aliphatic heterocycles. The maximum atomic E-state index is 6.18. The summed E-state index contributed by atoms with van der Waals surface area (Å²) in [6, 6.07) is 73.9. The summed E-state index contributed by atoms with van der Waals surface area (Å²) < 4.78 is 8.37. The third kappa shape index (κ3) is 4.73. The van der Waals surface area contributed by atoms with Gasteiger partial charge < -0.3 is 4.42 Å². The Morgan fingerprint density at radius 1 is 0.333 bits per heavy atom. The highest BCUT2D eigenvalue weighted by molar-refractivity contribution is 6.11. The number of rotatable bonds is 4. The van der Waals surface area contributed by atoms with Gasteiger partial charge in [-0.1, -0.05) is 158 Å². The van der Waals surface area contributed by atoms with Gasteiger partial charge in [-0.25, -0.2) is 4.98 Å². The minimum Gasteiger partial charge on any atom is -0.456 e. The van der Waals surface area contributed by atoms with E-state index in [1.807, 2.05) is 48.5 Å². The van der Waals surface area contributed by atoms with Crippen LogP contribution in [0, 0.1) is 0 Å². The molecule has 0 atom stereocenters. The molecular formula is C58H34N4O. The molecule has 0 saturated carbocycles. The summed E-state index contributed by atoms with van der Waals surface area (Å²) >= 11 is 0. The molecule has 0 radical (unpaired) electrons. The van der Waals surface area contributed by atoms with E-state index in [0.29, 0.717) is 17.6 Å². The zero-order valence-corrected chi connectivity index (χ0v) is 33.8. The Morgan fingerprint density at radius 3 is 1.62 bits per heavy atom. The second-order valence-electron chi connectivity index (χ2n) is 16.7.